The molecule has 144 valence electrons. The lowest BCUT2D eigenvalue weighted by Gasteiger charge is -2.32. The Morgan fingerprint density at radius 2 is 1.93 bits per heavy atom. The van der Waals surface area contributed by atoms with Gasteiger partial charge in [-0.1, -0.05) is 0 Å². The predicted molar refractivity (Wildman–Crippen MR) is 87.4 cm³/mol. The second kappa shape index (κ2) is 7.77. The highest BCUT2D eigenvalue weighted by molar-refractivity contribution is 5.94. The van der Waals surface area contributed by atoms with Crippen molar-refractivity contribution in [2.45, 2.75) is 25.1 Å². The number of alkyl halides is 3. The van der Waals surface area contributed by atoms with Gasteiger partial charge in [0.05, 0.1) is 19.2 Å². The van der Waals surface area contributed by atoms with Crippen LogP contribution in [0.1, 0.15) is 28.9 Å². The number of nitrogens with zero attached hydrogens (tertiary/aromatic N) is 4. The van der Waals surface area contributed by atoms with Crippen LogP contribution in [0.15, 0.2) is 30.7 Å². The SMILES string of the molecule is COc1nccnc1O[C@@H]1CCCN(C(=O)c2ccc(C(F)(F)F)nc2)C1. The zero-order chi connectivity index (χ0) is 19.4. The lowest BCUT2D eigenvalue weighted by atomic mass is 10.1. The Kier molecular flexibility index (Phi) is 5.43. The van der Waals surface area contributed by atoms with Crippen molar-refractivity contribution >= 4 is 5.91 Å². The van der Waals surface area contributed by atoms with E-state index in [9.17, 15) is 18.0 Å². The summed E-state index contributed by atoms with van der Waals surface area (Å²) < 4.78 is 48.7. The maximum Gasteiger partial charge on any atom is 0.433 e. The number of methoxy groups -OCH3 is 1. The quantitative estimate of drug-likeness (QED) is 0.809. The monoisotopic (exact) mass is 382 g/mol. The van der Waals surface area contributed by atoms with Gasteiger partial charge in [0.1, 0.15) is 11.8 Å². The standard InChI is InChI=1S/C17H17F3N4O3/c1-26-14-15(22-7-6-21-14)27-12-3-2-8-24(10-12)16(25)11-4-5-13(23-9-11)17(18,19)20/h4-7,9,12H,2-3,8,10H2,1H3/t12-/m1/s1. The Morgan fingerprint density at radius 3 is 2.56 bits per heavy atom. The van der Waals surface area contributed by atoms with Gasteiger partial charge in [0.15, 0.2) is 0 Å². The highest BCUT2D eigenvalue weighted by Gasteiger charge is 2.33. The van der Waals surface area contributed by atoms with E-state index in [0.29, 0.717) is 19.4 Å². The van der Waals surface area contributed by atoms with Crippen LogP contribution in [0.3, 0.4) is 0 Å². The van der Waals surface area contributed by atoms with E-state index >= 15 is 0 Å². The molecular weight excluding hydrogens is 365 g/mol. The molecular formula is C17H17F3N4O3. The van der Waals surface area contributed by atoms with Gasteiger partial charge in [-0.2, -0.15) is 13.2 Å². The summed E-state index contributed by atoms with van der Waals surface area (Å²) in [6.07, 6.45) is 0.415. The van der Waals surface area contributed by atoms with E-state index in [4.69, 9.17) is 9.47 Å². The maximum absolute atomic E-state index is 12.6. The normalized spacial score (nSPS) is 17.5. The predicted octanol–water partition coefficient (Wildman–Crippen LogP) is 2.58. The van der Waals surface area contributed by atoms with Gasteiger partial charge in [-0.05, 0) is 25.0 Å². The number of rotatable bonds is 4. The zero-order valence-corrected chi connectivity index (χ0v) is 14.4. The minimum Gasteiger partial charge on any atom is -0.477 e. The Labute approximate surface area is 153 Å². The molecule has 3 heterocycles. The highest BCUT2D eigenvalue weighted by Crippen LogP contribution is 2.28. The molecule has 0 bridgehead atoms. The first-order chi connectivity index (χ1) is 12.9. The van der Waals surface area contributed by atoms with Crippen molar-refractivity contribution in [2.75, 3.05) is 20.2 Å². The van der Waals surface area contributed by atoms with Gasteiger partial charge >= 0.3 is 6.18 Å². The molecule has 1 aliphatic rings. The van der Waals surface area contributed by atoms with Crippen molar-refractivity contribution in [3.8, 4) is 11.8 Å². The van der Waals surface area contributed by atoms with E-state index in [1.54, 1.807) is 0 Å². The second-order valence-electron chi connectivity index (χ2n) is 5.93. The number of pyridine rings is 1. The van der Waals surface area contributed by atoms with Crippen molar-refractivity contribution in [3.63, 3.8) is 0 Å². The second-order valence-corrected chi connectivity index (χ2v) is 5.93. The molecule has 0 saturated carbocycles. The smallest absolute Gasteiger partial charge is 0.433 e. The Balaban J connectivity index is 1.67. The zero-order valence-electron chi connectivity index (χ0n) is 14.4. The summed E-state index contributed by atoms with van der Waals surface area (Å²) in [5, 5.41) is 0. The summed E-state index contributed by atoms with van der Waals surface area (Å²) in [5.41, 5.74) is -0.936. The molecule has 3 rings (SSSR count). The molecule has 2 aromatic rings. The number of carbonyl (C=O) groups is 1. The molecule has 2 aromatic heterocycles. The molecule has 1 amide bonds. The molecule has 0 N–H and O–H groups in total. The summed E-state index contributed by atoms with van der Waals surface area (Å²) in [6, 6.07) is 1.93. The van der Waals surface area contributed by atoms with E-state index in [2.05, 4.69) is 15.0 Å². The summed E-state index contributed by atoms with van der Waals surface area (Å²) in [6.45, 7) is 0.761. The van der Waals surface area contributed by atoms with Gasteiger partial charge in [-0.25, -0.2) is 9.97 Å². The van der Waals surface area contributed by atoms with Crippen molar-refractivity contribution in [3.05, 3.63) is 42.0 Å². The summed E-state index contributed by atoms with van der Waals surface area (Å²) in [4.78, 5) is 25.5. The number of hydrogen-bond donors (Lipinski definition) is 0. The fraction of sp³-hybridized carbons (Fsp3) is 0.412. The summed E-state index contributed by atoms with van der Waals surface area (Å²) in [7, 11) is 1.45. The number of ether oxygens (including phenoxy) is 2. The largest absolute Gasteiger partial charge is 0.477 e. The third-order valence-electron chi connectivity index (χ3n) is 4.07. The molecule has 10 heteroatoms. The van der Waals surface area contributed by atoms with E-state index < -0.39 is 17.8 Å². The van der Waals surface area contributed by atoms with Crippen LogP contribution in [0.4, 0.5) is 13.2 Å². The molecule has 7 nitrogen and oxygen atoms in total. The first-order valence-electron chi connectivity index (χ1n) is 8.22. The third kappa shape index (κ3) is 4.44. The first-order valence-corrected chi connectivity index (χ1v) is 8.22. The number of piperidine rings is 1. The minimum absolute atomic E-state index is 0.0979. The van der Waals surface area contributed by atoms with Crippen LogP contribution in [0.5, 0.6) is 11.8 Å². The average Bonchev–Trinajstić information content (AvgIpc) is 2.67. The molecule has 0 radical (unpaired) electrons. The number of amides is 1. The first kappa shape index (κ1) is 18.9. The van der Waals surface area contributed by atoms with Crippen LogP contribution >= 0.6 is 0 Å². The lowest BCUT2D eigenvalue weighted by molar-refractivity contribution is -0.141. The molecule has 1 saturated heterocycles. The summed E-state index contributed by atoms with van der Waals surface area (Å²) >= 11 is 0. The number of aromatic nitrogens is 3. The van der Waals surface area contributed by atoms with Crippen LogP contribution < -0.4 is 9.47 Å². The van der Waals surface area contributed by atoms with Crippen LogP contribution in [0.2, 0.25) is 0 Å². The number of hydrogen-bond acceptors (Lipinski definition) is 6. The topological polar surface area (TPSA) is 77.4 Å². The molecule has 1 fully saturated rings. The van der Waals surface area contributed by atoms with Gasteiger partial charge in [0.25, 0.3) is 17.7 Å². The van der Waals surface area contributed by atoms with Gasteiger partial charge in [0.2, 0.25) is 0 Å². The number of halogens is 3. The fourth-order valence-corrected chi connectivity index (χ4v) is 2.78. The number of likely N-dealkylation sites (tertiary alicyclic amines) is 1. The van der Waals surface area contributed by atoms with Crippen LogP contribution in [-0.2, 0) is 6.18 Å². The summed E-state index contributed by atoms with van der Waals surface area (Å²) in [5.74, 6) is 0.0824. The minimum atomic E-state index is -4.54. The molecule has 0 aliphatic carbocycles. The van der Waals surface area contributed by atoms with Gasteiger partial charge < -0.3 is 14.4 Å². The molecule has 0 aromatic carbocycles. The van der Waals surface area contributed by atoms with Crippen molar-refractivity contribution < 1.29 is 27.4 Å². The van der Waals surface area contributed by atoms with Crippen molar-refractivity contribution in [1.82, 2.24) is 19.9 Å². The van der Waals surface area contributed by atoms with Crippen LogP contribution in [0.25, 0.3) is 0 Å². The molecule has 1 atom stereocenters. The molecule has 1 aliphatic heterocycles. The van der Waals surface area contributed by atoms with E-state index in [-0.39, 0.29) is 30.0 Å². The highest BCUT2D eigenvalue weighted by atomic mass is 19.4. The van der Waals surface area contributed by atoms with Crippen molar-refractivity contribution in [1.29, 1.82) is 0 Å². The molecule has 27 heavy (non-hydrogen) atoms. The lowest BCUT2D eigenvalue weighted by Crippen LogP contribution is -2.44. The van der Waals surface area contributed by atoms with E-state index in [1.165, 1.54) is 24.4 Å². The van der Waals surface area contributed by atoms with Gasteiger partial charge in [0, 0.05) is 25.1 Å². The van der Waals surface area contributed by atoms with E-state index in [0.717, 1.165) is 18.3 Å². The molecule has 0 spiro atoms. The fourth-order valence-electron chi connectivity index (χ4n) is 2.78. The Morgan fingerprint density at radius 1 is 1.19 bits per heavy atom. The van der Waals surface area contributed by atoms with E-state index in [1.807, 2.05) is 0 Å². The Hall–Kier alpha value is -2.91. The van der Waals surface area contributed by atoms with Crippen LogP contribution in [-0.4, -0.2) is 52.1 Å². The number of carbonyl (C=O) groups excluding carboxylic acids is 1. The molecule has 0 unspecified atom stereocenters. The third-order valence-corrected chi connectivity index (χ3v) is 4.07. The van der Waals surface area contributed by atoms with Gasteiger partial charge in [-0.3, -0.25) is 9.78 Å². The van der Waals surface area contributed by atoms with Crippen molar-refractivity contribution in [2.24, 2.45) is 0 Å². The maximum atomic E-state index is 12.6. The average molecular weight is 382 g/mol. The van der Waals surface area contributed by atoms with Crippen LogP contribution in [0, 0.1) is 0 Å². The van der Waals surface area contributed by atoms with Gasteiger partial charge in [-0.15, -0.1) is 0 Å². The Bertz CT molecular complexity index is 799.